The number of benzene rings is 1. The van der Waals surface area contributed by atoms with Gasteiger partial charge in [-0.05, 0) is 53.4 Å². The predicted molar refractivity (Wildman–Crippen MR) is 167 cm³/mol. The molecule has 0 aliphatic carbocycles. The number of hydrogen-bond acceptors (Lipinski definition) is 9. The monoisotopic (exact) mass is 636 g/mol. The highest BCUT2D eigenvalue weighted by atomic mass is 28.5. The molecule has 2 saturated heterocycles. The van der Waals surface area contributed by atoms with Gasteiger partial charge in [0.25, 0.3) is 5.56 Å². The molecule has 0 amide bonds. The van der Waals surface area contributed by atoms with E-state index in [0.717, 1.165) is 0 Å². The third-order valence-electron chi connectivity index (χ3n) is 8.45. The smallest absolute Gasteiger partial charge is 0.335 e. The van der Waals surface area contributed by atoms with E-state index in [0.29, 0.717) is 11.5 Å². The van der Waals surface area contributed by atoms with Gasteiger partial charge >= 0.3 is 22.8 Å². The summed E-state index contributed by atoms with van der Waals surface area (Å²) in [6.45, 7) is 19.2. The number of aromatic nitrogens is 2. The molecule has 0 radical (unpaired) electrons. The second kappa shape index (κ2) is 13.4. The van der Waals surface area contributed by atoms with Crippen molar-refractivity contribution in [2.24, 2.45) is 0 Å². The van der Waals surface area contributed by atoms with Crippen LogP contribution in [0.5, 0.6) is 11.5 Å². The first kappa shape index (κ1) is 33.6. The Morgan fingerprint density at radius 3 is 1.98 bits per heavy atom. The third kappa shape index (κ3) is 6.72. The number of hydrogen-bond donors (Lipinski definition) is 1. The van der Waals surface area contributed by atoms with E-state index in [2.05, 4.69) is 60.4 Å². The van der Waals surface area contributed by atoms with Crippen LogP contribution in [0.25, 0.3) is 0 Å². The number of ether oxygens (including phenoxy) is 4. The maximum absolute atomic E-state index is 13.0. The molecule has 2 aliphatic rings. The first-order valence-electron chi connectivity index (χ1n) is 15.2. The molecule has 5 atom stereocenters. The topological polar surface area (TPSA) is 119 Å². The molecule has 0 saturated carbocycles. The van der Waals surface area contributed by atoms with E-state index in [1.54, 1.807) is 38.3 Å². The molecule has 1 aromatic carbocycles. The average molecular weight is 637 g/mol. The van der Waals surface area contributed by atoms with Crippen molar-refractivity contribution < 1.29 is 31.9 Å². The maximum atomic E-state index is 13.0. The van der Waals surface area contributed by atoms with Crippen molar-refractivity contribution in [3.63, 3.8) is 0 Å². The lowest BCUT2D eigenvalue weighted by Crippen LogP contribution is -2.66. The normalized spacial score (nSPS) is 25.9. The molecule has 0 spiro atoms. The zero-order valence-electron chi connectivity index (χ0n) is 27.0. The zero-order chi connectivity index (χ0) is 31.7. The highest BCUT2D eigenvalue weighted by molar-refractivity contribution is 6.84. The molecular weight excluding hydrogens is 589 g/mol. The molecule has 2 fully saturated rings. The molecule has 13 heteroatoms. The maximum Gasteiger partial charge on any atom is 0.335 e. The van der Waals surface area contributed by atoms with Crippen LogP contribution in [0.4, 0.5) is 0 Å². The van der Waals surface area contributed by atoms with Crippen LogP contribution in [0, 0.1) is 0 Å². The molecule has 1 N–H and O–H groups in total. The summed E-state index contributed by atoms with van der Waals surface area (Å²) in [5, 5.41) is 0. The van der Waals surface area contributed by atoms with Crippen molar-refractivity contribution in [1.29, 1.82) is 0 Å². The summed E-state index contributed by atoms with van der Waals surface area (Å²) in [5.74, 6) is 1.30. The number of nitrogens with one attached hydrogen (secondary N) is 1. The number of aromatic amines is 1. The van der Waals surface area contributed by atoms with Crippen molar-refractivity contribution in [2.45, 2.75) is 115 Å². The summed E-state index contributed by atoms with van der Waals surface area (Å²) in [6.07, 6.45) is -2.21. The molecule has 11 nitrogen and oxygen atoms in total. The van der Waals surface area contributed by atoms with E-state index in [1.807, 2.05) is 0 Å². The van der Waals surface area contributed by atoms with Crippen LogP contribution in [0.3, 0.4) is 0 Å². The lowest BCUT2D eigenvalue weighted by molar-refractivity contribution is -0.157. The number of rotatable bonds is 10. The quantitative estimate of drug-likeness (QED) is 0.277. The lowest BCUT2D eigenvalue weighted by atomic mass is 10.1. The summed E-state index contributed by atoms with van der Waals surface area (Å²) in [4.78, 5) is 27.3. The Kier molecular flexibility index (Phi) is 10.5. The fraction of sp³-hybridized carbons (Fsp3) is 0.667. The highest BCUT2D eigenvalue weighted by Gasteiger charge is 2.62. The molecular formula is C30H48N2O9Si2. The van der Waals surface area contributed by atoms with Gasteiger partial charge in [0.15, 0.2) is 12.5 Å². The van der Waals surface area contributed by atoms with Crippen LogP contribution >= 0.6 is 0 Å². The van der Waals surface area contributed by atoms with E-state index in [4.69, 9.17) is 31.9 Å². The van der Waals surface area contributed by atoms with Crippen molar-refractivity contribution in [3.8, 4) is 11.5 Å². The average Bonchev–Trinajstić information content (AvgIpc) is 3.23. The molecule has 240 valence electrons. The minimum Gasteiger partial charge on any atom is -0.497 e. The molecule has 1 unspecified atom stereocenters. The van der Waals surface area contributed by atoms with Gasteiger partial charge in [0, 0.05) is 12.3 Å². The van der Waals surface area contributed by atoms with Crippen molar-refractivity contribution in [2.75, 3.05) is 13.7 Å². The third-order valence-corrected chi connectivity index (χ3v) is 18.7. The summed E-state index contributed by atoms with van der Waals surface area (Å²) in [6, 6.07) is 8.48. The van der Waals surface area contributed by atoms with Crippen molar-refractivity contribution in [3.05, 3.63) is 57.4 Å². The van der Waals surface area contributed by atoms with Crippen molar-refractivity contribution >= 4 is 17.1 Å². The van der Waals surface area contributed by atoms with Crippen LogP contribution in [0.2, 0.25) is 22.2 Å². The summed E-state index contributed by atoms with van der Waals surface area (Å²) in [7, 11) is -4.23. The van der Waals surface area contributed by atoms with Crippen LogP contribution in [-0.4, -0.2) is 65.0 Å². The second-order valence-electron chi connectivity index (χ2n) is 12.6. The van der Waals surface area contributed by atoms with Crippen molar-refractivity contribution in [1.82, 2.24) is 9.55 Å². The molecule has 2 aromatic rings. The minimum atomic E-state index is -3.02. The van der Waals surface area contributed by atoms with Gasteiger partial charge in [-0.3, -0.25) is 14.3 Å². The first-order chi connectivity index (χ1) is 20.2. The molecule has 0 bridgehead atoms. The predicted octanol–water partition coefficient (Wildman–Crippen LogP) is 5.21. The van der Waals surface area contributed by atoms with Gasteiger partial charge in [0.05, 0.1) is 13.7 Å². The zero-order valence-corrected chi connectivity index (χ0v) is 29.0. The number of fused-ring (bicyclic) bond motifs is 1. The summed E-state index contributed by atoms with van der Waals surface area (Å²) < 4.78 is 47.3. The molecule has 3 heterocycles. The standard InChI is InChI=1S/C30H48N2O9Si2/c1-18(2)42(19(3)4)36-17-25-27(40-43(41-42,20(5)6)21(7)8)28(29(39-25)32-16-15-26(33)31-30(32)34)38-22(9)37-24-13-11-23(35-10)12-14-24/h11-16,18-22,25,27-29H,17H2,1-10H3,(H,31,33,34)/t22?,25-,27-,28-,29-/m1/s1. The first-order valence-corrected chi connectivity index (χ1v) is 19.1. The van der Waals surface area contributed by atoms with Gasteiger partial charge in [-0.2, -0.15) is 0 Å². The van der Waals surface area contributed by atoms with Gasteiger partial charge in [-0.25, -0.2) is 4.79 Å². The Labute approximate surface area is 256 Å². The van der Waals surface area contributed by atoms with Crippen LogP contribution in [0.1, 0.15) is 68.5 Å². The van der Waals surface area contributed by atoms with Gasteiger partial charge < -0.3 is 31.9 Å². The Bertz CT molecular complexity index is 1310. The minimum absolute atomic E-state index is 0.0858. The molecule has 4 rings (SSSR count). The second-order valence-corrected chi connectivity index (χ2v) is 21.4. The van der Waals surface area contributed by atoms with Gasteiger partial charge in [0.1, 0.15) is 29.8 Å². The number of nitrogens with zero attached hydrogens (tertiary/aromatic N) is 1. The lowest BCUT2D eigenvalue weighted by Gasteiger charge is -2.51. The van der Waals surface area contributed by atoms with E-state index in [1.165, 1.54) is 16.8 Å². The van der Waals surface area contributed by atoms with E-state index in [9.17, 15) is 9.59 Å². The molecule has 43 heavy (non-hydrogen) atoms. The van der Waals surface area contributed by atoms with Gasteiger partial charge in [-0.15, -0.1) is 0 Å². The Hall–Kier alpha value is -2.27. The van der Waals surface area contributed by atoms with Crippen LogP contribution in [0.15, 0.2) is 46.1 Å². The summed E-state index contributed by atoms with van der Waals surface area (Å²) >= 11 is 0. The SMILES string of the molecule is COc1ccc(OC(C)O[C@@H]2[C@@H]3O[Si](C(C)C)(C(C)C)O[Si](C(C)C)(C(C)C)OC[C@H]3O[C@H]2n2ccc(=O)[nH]c2=O)cc1. The van der Waals surface area contributed by atoms with E-state index in [-0.39, 0.29) is 28.8 Å². The van der Waals surface area contributed by atoms with Crippen LogP contribution in [-0.2, 0) is 22.4 Å². The van der Waals surface area contributed by atoms with Gasteiger partial charge in [-0.1, -0.05) is 55.4 Å². The molecule has 1 aromatic heterocycles. The van der Waals surface area contributed by atoms with E-state index >= 15 is 0 Å². The largest absolute Gasteiger partial charge is 0.497 e. The highest BCUT2D eigenvalue weighted by Crippen LogP contribution is 2.48. The van der Waals surface area contributed by atoms with E-state index < -0.39 is 59.2 Å². The fourth-order valence-electron chi connectivity index (χ4n) is 6.21. The number of H-pyrrole nitrogens is 1. The Morgan fingerprint density at radius 1 is 0.860 bits per heavy atom. The van der Waals surface area contributed by atoms with Crippen LogP contribution < -0.4 is 20.7 Å². The fourth-order valence-corrected chi connectivity index (χ4v) is 17.4. The van der Waals surface area contributed by atoms with Gasteiger partial charge in [0.2, 0.25) is 0 Å². The summed E-state index contributed by atoms with van der Waals surface area (Å²) in [5.41, 5.74) is -0.597. The Balaban J connectivity index is 1.77. The Morgan fingerprint density at radius 2 is 1.44 bits per heavy atom. The number of methoxy groups -OCH3 is 1. The molecule has 2 aliphatic heterocycles.